The molecule has 0 aliphatic carbocycles. The van der Waals surface area contributed by atoms with Gasteiger partial charge < -0.3 is 10.4 Å². The second kappa shape index (κ2) is 7.02. The molecule has 0 radical (unpaired) electrons. The minimum Gasteiger partial charge on any atom is -0.394 e. The number of amides is 1. The average molecular weight is 314 g/mol. The fraction of sp³-hybridized carbons (Fsp3) is 0.500. The molecule has 0 atom stereocenters. The molecule has 0 aliphatic rings. The Morgan fingerprint density at radius 2 is 1.71 bits per heavy atom. The Kier molecular flexibility index (Phi) is 5.88. The third-order valence-electron chi connectivity index (χ3n) is 3.66. The van der Waals surface area contributed by atoms with Crippen LogP contribution in [0.3, 0.4) is 0 Å². The van der Waals surface area contributed by atoms with Crippen molar-refractivity contribution in [3.63, 3.8) is 0 Å². The van der Waals surface area contributed by atoms with E-state index in [0.29, 0.717) is 18.4 Å². The lowest BCUT2D eigenvalue weighted by Gasteiger charge is -2.30. The van der Waals surface area contributed by atoms with Gasteiger partial charge in [0.05, 0.1) is 17.0 Å². The van der Waals surface area contributed by atoms with E-state index in [-0.39, 0.29) is 17.4 Å². The number of hydrogen-bond donors (Lipinski definition) is 3. The predicted octanol–water partition coefficient (Wildman–Crippen LogP) is 0.876. The number of carbonyl (C=O) groups is 1. The first-order chi connectivity index (χ1) is 9.84. The normalized spacial score (nSPS) is 12.2. The Labute approximate surface area is 125 Å². The zero-order valence-corrected chi connectivity index (χ0v) is 13.3. The van der Waals surface area contributed by atoms with Gasteiger partial charge in [-0.3, -0.25) is 4.79 Å². The maximum absolute atomic E-state index is 12.4. The minimum absolute atomic E-state index is 0.0647. The molecule has 0 fully saturated rings. The molecule has 3 N–H and O–H groups in total. The van der Waals surface area contributed by atoms with E-state index in [2.05, 4.69) is 10.0 Å². The van der Waals surface area contributed by atoms with Crippen LogP contribution in [-0.2, 0) is 10.0 Å². The summed E-state index contributed by atoms with van der Waals surface area (Å²) in [5, 5.41) is 11.9. The van der Waals surface area contributed by atoms with Crippen LogP contribution in [-0.4, -0.2) is 38.6 Å². The van der Waals surface area contributed by atoms with E-state index >= 15 is 0 Å². The number of rotatable bonds is 7. The maximum Gasteiger partial charge on any atom is 0.251 e. The number of benzene rings is 1. The molecule has 118 valence electrons. The van der Waals surface area contributed by atoms with Crippen LogP contribution in [0.1, 0.15) is 37.0 Å². The molecular formula is C14H22N2O4S. The lowest BCUT2D eigenvalue weighted by atomic mass is 9.96. The van der Waals surface area contributed by atoms with Gasteiger partial charge in [-0.2, -0.15) is 0 Å². The van der Waals surface area contributed by atoms with Crippen molar-refractivity contribution in [2.45, 2.75) is 37.1 Å². The van der Waals surface area contributed by atoms with Gasteiger partial charge in [-0.25, -0.2) is 13.1 Å². The molecule has 0 spiro atoms. The summed E-state index contributed by atoms with van der Waals surface area (Å²) in [5.41, 5.74) is -0.478. The summed E-state index contributed by atoms with van der Waals surface area (Å²) < 4.78 is 27.3. The molecule has 6 nitrogen and oxygen atoms in total. The molecular weight excluding hydrogens is 292 g/mol. The van der Waals surface area contributed by atoms with E-state index in [9.17, 15) is 18.3 Å². The summed E-state index contributed by atoms with van der Waals surface area (Å²) in [6, 6.07) is 5.65. The van der Waals surface area contributed by atoms with Crippen LogP contribution in [0.15, 0.2) is 29.2 Å². The van der Waals surface area contributed by atoms with Gasteiger partial charge in [0.25, 0.3) is 5.91 Å². The van der Waals surface area contributed by atoms with Crippen LogP contribution in [0.4, 0.5) is 0 Å². The third-order valence-corrected chi connectivity index (χ3v) is 5.26. The Balaban J connectivity index is 3.05. The van der Waals surface area contributed by atoms with Gasteiger partial charge in [0.15, 0.2) is 0 Å². The Morgan fingerprint density at radius 1 is 1.19 bits per heavy atom. The van der Waals surface area contributed by atoms with E-state index < -0.39 is 15.6 Å². The number of aliphatic hydroxyl groups excluding tert-OH is 1. The molecule has 1 rings (SSSR count). The van der Waals surface area contributed by atoms with Gasteiger partial charge in [0, 0.05) is 12.6 Å². The van der Waals surface area contributed by atoms with Crippen molar-refractivity contribution in [3.05, 3.63) is 29.8 Å². The van der Waals surface area contributed by atoms with E-state index in [1.165, 1.54) is 31.3 Å². The lowest BCUT2D eigenvalue weighted by Crippen LogP contribution is -2.50. The van der Waals surface area contributed by atoms with Crippen molar-refractivity contribution in [2.24, 2.45) is 0 Å². The van der Waals surface area contributed by atoms with Crippen molar-refractivity contribution in [1.82, 2.24) is 10.0 Å². The molecule has 1 aromatic carbocycles. The van der Waals surface area contributed by atoms with Gasteiger partial charge in [0.1, 0.15) is 0 Å². The van der Waals surface area contributed by atoms with Gasteiger partial charge in [-0.15, -0.1) is 0 Å². The monoisotopic (exact) mass is 314 g/mol. The molecule has 0 unspecified atom stereocenters. The number of carbonyl (C=O) groups excluding carboxylic acids is 1. The minimum atomic E-state index is -3.75. The van der Waals surface area contributed by atoms with Crippen LogP contribution in [0.2, 0.25) is 0 Å². The summed E-state index contributed by atoms with van der Waals surface area (Å²) in [6.07, 6.45) is 0.963. The highest BCUT2D eigenvalue weighted by Gasteiger charge is 2.31. The molecule has 1 aromatic rings. The third kappa shape index (κ3) is 4.03. The lowest BCUT2D eigenvalue weighted by molar-refractivity contribution is 0.0963. The summed E-state index contributed by atoms with van der Waals surface area (Å²) in [4.78, 5) is 11.5. The Bertz CT molecular complexity index is 569. The summed E-state index contributed by atoms with van der Waals surface area (Å²) >= 11 is 0. The van der Waals surface area contributed by atoms with E-state index in [4.69, 9.17) is 0 Å². The Morgan fingerprint density at radius 3 is 2.10 bits per heavy atom. The maximum atomic E-state index is 12.4. The predicted molar refractivity (Wildman–Crippen MR) is 80.6 cm³/mol. The zero-order chi connectivity index (χ0) is 16.1. The SMILES string of the molecule is CCC(CC)(CO)NS(=O)(=O)c1ccc(C(=O)NC)cc1. The van der Waals surface area contributed by atoms with E-state index in [1.807, 2.05) is 13.8 Å². The molecule has 0 aromatic heterocycles. The highest BCUT2D eigenvalue weighted by Crippen LogP contribution is 2.19. The highest BCUT2D eigenvalue weighted by atomic mass is 32.2. The van der Waals surface area contributed by atoms with E-state index in [0.717, 1.165) is 0 Å². The second-order valence-electron chi connectivity index (χ2n) is 4.85. The summed E-state index contributed by atoms with van der Waals surface area (Å²) in [6.45, 7) is 3.36. The molecule has 0 heterocycles. The number of sulfonamides is 1. The quantitative estimate of drug-likeness (QED) is 0.696. The van der Waals surface area contributed by atoms with Crippen LogP contribution in [0, 0.1) is 0 Å². The number of aliphatic hydroxyl groups is 1. The standard InChI is InChI=1S/C14H22N2O4S/c1-4-14(5-2,10-17)16-21(19,20)12-8-6-11(7-9-12)13(18)15-3/h6-9,16-17H,4-5,10H2,1-3H3,(H,15,18). The van der Waals surface area contributed by atoms with Crippen molar-refractivity contribution in [1.29, 1.82) is 0 Å². The van der Waals surface area contributed by atoms with Crippen LogP contribution >= 0.6 is 0 Å². The Hall–Kier alpha value is -1.44. The van der Waals surface area contributed by atoms with E-state index in [1.54, 1.807) is 0 Å². The van der Waals surface area contributed by atoms with Gasteiger partial charge in [0.2, 0.25) is 10.0 Å². The molecule has 7 heteroatoms. The molecule has 0 saturated carbocycles. The van der Waals surface area contributed by atoms with Crippen LogP contribution in [0.25, 0.3) is 0 Å². The van der Waals surface area contributed by atoms with Crippen LogP contribution < -0.4 is 10.0 Å². The molecule has 0 aliphatic heterocycles. The fourth-order valence-electron chi connectivity index (χ4n) is 1.92. The highest BCUT2D eigenvalue weighted by molar-refractivity contribution is 7.89. The number of nitrogens with one attached hydrogen (secondary N) is 2. The van der Waals surface area contributed by atoms with Crippen molar-refractivity contribution >= 4 is 15.9 Å². The molecule has 21 heavy (non-hydrogen) atoms. The van der Waals surface area contributed by atoms with Gasteiger partial charge >= 0.3 is 0 Å². The molecule has 0 bridgehead atoms. The smallest absolute Gasteiger partial charge is 0.251 e. The van der Waals surface area contributed by atoms with Crippen molar-refractivity contribution in [3.8, 4) is 0 Å². The fourth-order valence-corrected chi connectivity index (χ4v) is 3.46. The second-order valence-corrected chi connectivity index (χ2v) is 6.54. The first-order valence-electron chi connectivity index (χ1n) is 6.81. The largest absolute Gasteiger partial charge is 0.394 e. The number of hydrogen-bond acceptors (Lipinski definition) is 4. The van der Waals surface area contributed by atoms with Crippen molar-refractivity contribution in [2.75, 3.05) is 13.7 Å². The first kappa shape index (κ1) is 17.6. The first-order valence-corrected chi connectivity index (χ1v) is 8.29. The average Bonchev–Trinajstić information content (AvgIpc) is 2.52. The summed E-state index contributed by atoms with van der Waals surface area (Å²) in [5.74, 6) is -0.279. The molecule has 1 amide bonds. The van der Waals surface area contributed by atoms with Gasteiger partial charge in [-0.05, 0) is 37.1 Å². The summed E-state index contributed by atoms with van der Waals surface area (Å²) in [7, 11) is -2.24. The topological polar surface area (TPSA) is 95.5 Å². The molecule has 0 saturated heterocycles. The van der Waals surface area contributed by atoms with Gasteiger partial charge in [-0.1, -0.05) is 13.8 Å². The van der Waals surface area contributed by atoms with Crippen LogP contribution in [0.5, 0.6) is 0 Å². The van der Waals surface area contributed by atoms with Crippen molar-refractivity contribution < 1.29 is 18.3 Å². The zero-order valence-electron chi connectivity index (χ0n) is 12.5.